The number of hydrogen-bond donors (Lipinski definition) is 2. The monoisotopic (exact) mass is 288 g/mol. The maximum Gasteiger partial charge on any atom is 0.376 e. The number of hydrogen-bond acceptors (Lipinski definition) is 3. The Morgan fingerprint density at radius 3 is 2.48 bits per heavy atom. The van der Waals surface area contributed by atoms with Crippen LogP contribution in [0.15, 0.2) is 59.9 Å². The van der Waals surface area contributed by atoms with Crippen molar-refractivity contribution in [1.29, 1.82) is 0 Å². The number of allylic oxidation sites excluding steroid dienone is 4. The molecule has 4 nitrogen and oxygen atoms in total. The third kappa shape index (κ3) is 3.66. The summed E-state index contributed by atoms with van der Waals surface area (Å²) in [4.78, 5) is 21.6. The Morgan fingerprint density at radius 2 is 1.86 bits per heavy atom. The van der Waals surface area contributed by atoms with Gasteiger partial charge in [-0.3, -0.25) is 4.79 Å². The van der Waals surface area contributed by atoms with Crippen LogP contribution in [-0.4, -0.2) is 22.0 Å². The average molecular weight is 288 g/mol. The maximum atomic E-state index is 12.9. The lowest BCUT2D eigenvalue weighted by Gasteiger charge is -2.13. The molecule has 0 radical (unpaired) electrons. The first-order valence-corrected chi connectivity index (χ1v) is 6.28. The summed E-state index contributed by atoms with van der Waals surface area (Å²) in [5.41, 5.74) is 1.34. The molecule has 0 saturated heterocycles. The van der Waals surface area contributed by atoms with Crippen LogP contribution >= 0.6 is 0 Å². The van der Waals surface area contributed by atoms with Gasteiger partial charge in [-0.2, -0.15) is 0 Å². The number of carboxylic acids is 1. The summed E-state index contributed by atoms with van der Waals surface area (Å²) in [5.74, 6) is -3.68. The average Bonchev–Trinajstić information content (AvgIpc) is 2.89. The zero-order chi connectivity index (χ0) is 15.4. The van der Waals surface area contributed by atoms with Crippen LogP contribution in [-0.2, 0) is 16.0 Å². The molecule has 1 unspecified atom stereocenters. The highest BCUT2D eigenvalue weighted by Gasteiger charge is 2.20. The number of halogens is 1. The first kappa shape index (κ1) is 14.7. The number of ketones is 1. The molecule has 2 N–H and O–H groups in total. The molecule has 1 atom stereocenters. The molecule has 1 aromatic rings. The highest BCUT2D eigenvalue weighted by atomic mass is 19.1. The third-order valence-electron chi connectivity index (χ3n) is 3.16. The fourth-order valence-corrected chi connectivity index (χ4v) is 2.12. The summed E-state index contributed by atoms with van der Waals surface area (Å²) in [5, 5.41) is 18.4. The van der Waals surface area contributed by atoms with Gasteiger partial charge in [-0.1, -0.05) is 30.4 Å². The van der Waals surface area contributed by atoms with Gasteiger partial charge in [0.25, 0.3) is 5.78 Å². The molecule has 1 aliphatic rings. The minimum absolute atomic E-state index is 0.187. The van der Waals surface area contributed by atoms with Gasteiger partial charge in [0.15, 0.2) is 0 Å². The van der Waals surface area contributed by atoms with Crippen molar-refractivity contribution < 1.29 is 24.2 Å². The zero-order valence-corrected chi connectivity index (χ0v) is 11.0. The molecule has 108 valence electrons. The van der Waals surface area contributed by atoms with Crippen molar-refractivity contribution in [1.82, 2.24) is 0 Å². The van der Waals surface area contributed by atoms with Crippen molar-refractivity contribution in [3.05, 3.63) is 71.3 Å². The van der Waals surface area contributed by atoms with Crippen LogP contribution in [0.25, 0.3) is 0 Å². The number of carbonyl (C=O) groups is 2. The molecule has 1 aliphatic carbocycles. The Bertz CT molecular complexity index is 653. The summed E-state index contributed by atoms with van der Waals surface area (Å²) in [6.07, 6.45) is 6.38. The zero-order valence-electron chi connectivity index (χ0n) is 11.0. The molecule has 21 heavy (non-hydrogen) atoms. The van der Waals surface area contributed by atoms with Crippen LogP contribution in [0.2, 0.25) is 0 Å². The molecule has 0 saturated carbocycles. The lowest BCUT2D eigenvalue weighted by atomic mass is 9.93. The summed E-state index contributed by atoms with van der Waals surface area (Å²) in [7, 11) is 0. The number of aliphatic carboxylic acids is 1. The maximum absolute atomic E-state index is 12.9. The first-order chi connectivity index (χ1) is 9.97. The molecule has 1 aromatic carbocycles. The van der Waals surface area contributed by atoms with Gasteiger partial charge in [-0.15, -0.1) is 0 Å². The standard InChI is InChI=1S/C16H13FO4/c17-12-6-4-10(5-7-12)8-11-2-1-3-13(11)14(18)9-15(19)16(20)21/h1-7,9,11,18H,8H2,(H,20,21). The highest BCUT2D eigenvalue weighted by molar-refractivity contribution is 6.37. The largest absolute Gasteiger partial charge is 0.508 e. The topological polar surface area (TPSA) is 74.6 Å². The Kier molecular flexibility index (Phi) is 4.33. The van der Waals surface area contributed by atoms with Crippen LogP contribution < -0.4 is 0 Å². The SMILES string of the molecule is O=C(O)C(=O)C=C(O)C1=CC=CC1Cc1ccc(F)cc1. The van der Waals surface area contributed by atoms with Crippen LogP contribution in [0, 0.1) is 11.7 Å². The minimum Gasteiger partial charge on any atom is -0.508 e. The first-order valence-electron chi connectivity index (χ1n) is 6.28. The number of benzene rings is 1. The van der Waals surface area contributed by atoms with Crippen molar-refractivity contribution in [2.24, 2.45) is 5.92 Å². The van der Waals surface area contributed by atoms with Crippen molar-refractivity contribution in [2.45, 2.75) is 6.42 Å². The fourth-order valence-electron chi connectivity index (χ4n) is 2.12. The Labute approximate surface area is 120 Å². The van der Waals surface area contributed by atoms with E-state index >= 15 is 0 Å². The quantitative estimate of drug-likeness (QED) is 0.496. The van der Waals surface area contributed by atoms with E-state index in [4.69, 9.17) is 5.11 Å². The van der Waals surface area contributed by atoms with Crippen molar-refractivity contribution >= 4 is 11.8 Å². The highest BCUT2D eigenvalue weighted by Crippen LogP contribution is 2.28. The van der Waals surface area contributed by atoms with Gasteiger partial charge < -0.3 is 10.2 Å². The molecule has 0 fully saturated rings. The van der Waals surface area contributed by atoms with E-state index in [1.807, 2.05) is 6.08 Å². The van der Waals surface area contributed by atoms with Crippen molar-refractivity contribution in [2.75, 3.05) is 0 Å². The van der Waals surface area contributed by atoms with E-state index in [1.165, 1.54) is 12.1 Å². The van der Waals surface area contributed by atoms with Crippen LogP contribution in [0.5, 0.6) is 0 Å². The molecule has 2 rings (SSSR count). The summed E-state index contributed by atoms with van der Waals surface area (Å²) in [6.45, 7) is 0. The van der Waals surface area contributed by atoms with E-state index in [1.54, 1.807) is 24.3 Å². The normalized spacial score (nSPS) is 17.7. The van der Waals surface area contributed by atoms with Gasteiger partial charge in [0.1, 0.15) is 11.6 Å². The lowest BCUT2D eigenvalue weighted by Crippen LogP contribution is -2.12. The van der Waals surface area contributed by atoms with E-state index in [0.29, 0.717) is 18.1 Å². The molecule has 0 aliphatic heterocycles. The fraction of sp³-hybridized carbons (Fsp3) is 0.125. The van der Waals surface area contributed by atoms with E-state index in [0.717, 1.165) is 5.56 Å². The second-order valence-electron chi connectivity index (χ2n) is 4.64. The van der Waals surface area contributed by atoms with Crippen molar-refractivity contribution in [3.8, 4) is 0 Å². The predicted octanol–water partition coefficient (Wildman–Crippen LogP) is 2.58. The van der Waals surface area contributed by atoms with E-state index in [-0.39, 0.29) is 17.5 Å². The molecule has 0 aromatic heterocycles. The number of rotatable bonds is 5. The summed E-state index contributed by atoms with van der Waals surface area (Å²) in [6, 6.07) is 5.98. The predicted molar refractivity (Wildman–Crippen MR) is 74.2 cm³/mol. The molecule has 0 heterocycles. The van der Waals surface area contributed by atoms with Crippen LogP contribution in [0.3, 0.4) is 0 Å². The van der Waals surface area contributed by atoms with Gasteiger partial charge in [0.05, 0.1) is 0 Å². The Hall–Kier alpha value is -2.69. The minimum atomic E-state index is -1.62. The Morgan fingerprint density at radius 1 is 1.19 bits per heavy atom. The number of aliphatic hydroxyl groups excluding tert-OH is 1. The van der Waals surface area contributed by atoms with Gasteiger partial charge >= 0.3 is 5.97 Å². The van der Waals surface area contributed by atoms with Crippen molar-refractivity contribution in [3.63, 3.8) is 0 Å². The van der Waals surface area contributed by atoms with Gasteiger partial charge in [0, 0.05) is 17.6 Å². The molecule has 0 amide bonds. The van der Waals surface area contributed by atoms with E-state index in [2.05, 4.69) is 0 Å². The molecular weight excluding hydrogens is 275 g/mol. The number of aliphatic hydroxyl groups is 1. The Balaban J connectivity index is 2.13. The van der Waals surface area contributed by atoms with Gasteiger partial charge in [-0.25, -0.2) is 9.18 Å². The van der Waals surface area contributed by atoms with E-state index in [9.17, 15) is 19.1 Å². The van der Waals surface area contributed by atoms with Crippen LogP contribution in [0.4, 0.5) is 4.39 Å². The second-order valence-corrected chi connectivity index (χ2v) is 4.64. The van der Waals surface area contributed by atoms with Gasteiger partial charge in [-0.05, 0) is 24.1 Å². The second kappa shape index (κ2) is 6.17. The molecule has 0 bridgehead atoms. The van der Waals surface area contributed by atoms with Crippen LogP contribution in [0.1, 0.15) is 5.56 Å². The van der Waals surface area contributed by atoms with E-state index < -0.39 is 11.8 Å². The number of carbonyl (C=O) groups excluding carboxylic acids is 1. The summed E-state index contributed by atoms with van der Waals surface area (Å²) < 4.78 is 12.9. The smallest absolute Gasteiger partial charge is 0.376 e. The van der Waals surface area contributed by atoms with Gasteiger partial charge in [0.2, 0.25) is 0 Å². The summed E-state index contributed by atoms with van der Waals surface area (Å²) >= 11 is 0. The molecule has 5 heteroatoms. The lowest BCUT2D eigenvalue weighted by molar-refractivity contribution is -0.146. The molecular formula is C16H13FO4. The number of carboxylic acid groups (broad SMARTS) is 1. The third-order valence-corrected chi connectivity index (χ3v) is 3.16. The molecule has 0 spiro atoms.